The van der Waals surface area contributed by atoms with Crippen molar-refractivity contribution < 1.29 is 4.74 Å². The lowest BCUT2D eigenvalue weighted by Gasteiger charge is -2.08. The van der Waals surface area contributed by atoms with Crippen LogP contribution in [0, 0.1) is 0 Å². The van der Waals surface area contributed by atoms with Crippen molar-refractivity contribution in [3.05, 3.63) is 64.2 Å². The number of alkyl halides is 1. The summed E-state index contributed by atoms with van der Waals surface area (Å²) in [6, 6.07) is 14.0. The number of ether oxygens (including phenoxy) is 1. The van der Waals surface area contributed by atoms with Gasteiger partial charge in [0, 0.05) is 10.9 Å². The Balaban J connectivity index is 2.16. The van der Waals surface area contributed by atoms with E-state index in [-0.39, 0.29) is 0 Å². The van der Waals surface area contributed by atoms with Crippen molar-refractivity contribution in [2.45, 2.75) is 19.2 Å². The minimum absolute atomic E-state index is 0.507. The van der Waals surface area contributed by atoms with Gasteiger partial charge in [-0.05, 0) is 48.2 Å². The van der Waals surface area contributed by atoms with Crippen molar-refractivity contribution in [2.24, 2.45) is 0 Å². The molecule has 0 saturated heterocycles. The van der Waals surface area contributed by atoms with Gasteiger partial charge in [-0.25, -0.2) is 0 Å². The van der Waals surface area contributed by atoms with E-state index in [0.29, 0.717) is 12.5 Å². The van der Waals surface area contributed by atoms with Crippen LogP contribution in [0.2, 0.25) is 5.02 Å². The molecule has 0 spiro atoms. The van der Waals surface area contributed by atoms with Crippen molar-refractivity contribution in [1.82, 2.24) is 0 Å². The Labute approximate surface area is 124 Å². The van der Waals surface area contributed by atoms with Crippen LogP contribution in [0.25, 0.3) is 0 Å². The number of benzene rings is 2. The minimum atomic E-state index is 0.507. The van der Waals surface area contributed by atoms with E-state index in [2.05, 4.69) is 18.2 Å². The molecule has 0 aliphatic rings. The van der Waals surface area contributed by atoms with E-state index < -0.39 is 0 Å². The molecule has 2 rings (SSSR count). The van der Waals surface area contributed by atoms with Crippen molar-refractivity contribution in [3.63, 3.8) is 0 Å². The Hall–Kier alpha value is -1.18. The van der Waals surface area contributed by atoms with Crippen LogP contribution >= 0.6 is 23.2 Å². The lowest BCUT2D eigenvalue weighted by molar-refractivity contribution is 0.340. The molecule has 0 heterocycles. The van der Waals surface area contributed by atoms with Gasteiger partial charge in [0.2, 0.25) is 0 Å². The zero-order chi connectivity index (χ0) is 13.7. The molecule has 0 unspecified atom stereocenters. The van der Waals surface area contributed by atoms with Crippen LogP contribution in [0.1, 0.15) is 23.6 Å². The molecule has 100 valence electrons. The fourth-order valence-corrected chi connectivity index (χ4v) is 2.29. The van der Waals surface area contributed by atoms with Gasteiger partial charge in [-0.2, -0.15) is 0 Å². The number of rotatable bonds is 5. The molecule has 2 aromatic carbocycles. The summed E-state index contributed by atoms with van der Waals surface area (Å²) in [6.45, 7) is 2.66. The van der Waals surface area contributed by atoms with Crippen molar-refractivity contribution in [1.29, 1.82) is 0 Å². The van der Waals surface area contributed by atoms with Crippen LogP contribution in [0.5, 0.6) is 5.75 Å². The molecule has 0 amide bonds. The minimum Gasteiger partial charge on any atom is -0.494 e. The molecule has 2 aromatic rings. The third kappa shape index (κ3) is 3.89. The highest BCUT2D eigenvalue weighted by atomic mass is 35.5. The van der Waals surface area contributed by atoms with Crippen molar-refractivity contribution >= 4 is 23.2 Å². The zero-order valence-corrected chi connectivity index (χ0v) is 12.3. The van der Waals surface area contributed by atoms with Gasteiger partial charge < -0.3 is 4.74 Å². The van der Waals surface area contributed by atoms with Crippen LogP contribution in [0.15, 0.2) is 42.5 Å². The SMILES string of the molecule is CCOc1ccc(Cc2cc(CCl)ccc2Cl)cc1. The van der Waals surface area contributed by atoms with E-state index in [1.54, 1.807) is 0 Å². The van der Waals surface area contributed by atoms with Crippen LogP contribution in [0.3, 0.4) is 0 Å². The Morgan fingerprint density at radius 1 is 1.00 bits per heavy atom. The molecule has 0 fully saturated rings. The summed E-state index contributed by atoms with van der Waals surface area (Å²) in [4.78, 5) is 0. The predicted octanol–water partition coefficient (Wildman–Crippen LogP) is 5.07. The number of hydrogen-bond acceptors (Lipinski definition) is 1. The summed E-state index contributed by atoms with van der Waals surface area (Å²) in [5.74, 6) is 1.40. The molecule has 19 heavy (non-hydrogen) atoms. The average molecular weight is 295 g/mol. The standard InChI is InChI=1S/C16H16Cl2O/c1-2-19-15-6-3-12(4-7-15)9-14-10-13(11-17)5-8-16(14)18/h3-8,10H,2,9,11H2,1H3. The molecule has 0 atom stereocenters. The maximum Gasteiger partial charge on any atom is 0.119 e. The summed E-state index contributed by atoms with van der Waals surface area (Å²) in [5.41, 5.74) is 3.40. The zero-order valence-electron chi connectivity index (χ0n) is 10.8. The molecule has 0 aliphatic heterocycles. The van der Waals surface area contributed by atoms with Gasteiger partial charge in [-0.15, -0.1) is 11.6 Å². The van der Waals surface area contributed by atoms with Crippen LogP contribution < -0.4 is 4.74 Å². The number of hydrogen-bond donors (Lipinski definition) is 0. The third-order valence-corrected chi connectivity index (χ3v) is 3.57. The third-order valence-electron chi connectivity index (χ3n) is 2.89. The number of halogens is 2. The van der Waals surface area contributed by atoms with Gasteiger partial charge in [0.1, 0.15) is 5.75 Å². The topological polar surface area (TPSA) is 9.23 Å². The molecule has 0 aromatic heterocycles. The summed E-state index contributed by atoms with van der Waals surface area (Å²) < 4.78 is 5.43. The second kappa shape index (κ2) is 6.83. The molecule has 0 saturated carbocycles. The summed E-state index contributed by atoms with van der Waals surface area (Å²) in [7, 11) is 0. The largest absolute Gasteiger partial charge is 0.494 e. The van der Waals surface area contributed by atoms with Crippen molar-refractivity contribution in [2.75, 3.05) is 6.61 Å². The predicted molar refractivity (Wildman–Crippen MR) is 81.4 cm³/mol. The molecule has 0 aliphatic carbocycles. The van der Waals surface area contributed by atoms with Gasteiger partial charge in [0.25, 0.3) is 0 Å². The first kappa shape index (κ1) is 14.2. The van der Waals surface area contributed by atoms with Gasteiger partial charge in [-0.3, -0.25) is 0 Å². The van der Waals surface area contributed by atoms with Gasteiger partial charge in [-0.1, -0.05) is 35.9 Å². The van der Waals surface area contributed by atoms with Gasteiger partial charge in [0.05, 0.1) is 6.61 Å². The first-order valence-electron chi connectivity index (χ1n) is 6.28. The first-order chi connectivity index (χ1) is 9.22. The summed E-state index contributed by atoms with van der Waals surface area (Å²) in [5, 5.41) is 0.780. The smallest absolute Gasteiger partial charge is 0.119 e. The maximum atomic E-state index is 6.22. The quantitative estimate of drug-likeness (QED) is 0.700. The van der Waals surface area contributed by atoms with Crippen molar-refractivity contribution in [3.8, 4) is 5.75 Å². The lowest BCUT2D eigenvalue weighted by Crippen LogP contribution is -1.94. The second-order valence-corrected chi connectivity index (χ2v) is 4.99. The highest BCUT2D eigenvalue weighted by Crippen LogP contribution is 2.23. The average Bonchev–Trinajstić information content (AvgIpc) is 2.44. The van der Waals surface area contributed by atoms with E-state index in [4.69, 9.17) is 27.9 Å². The molecule has 3 heteroatoms. The molecule has 0 N–H and O–H groups in total. The Kier molecular flexibility index (Phi) is 5.12. The van der Waals surface area contributed by atoms with Crippen LogP contribution in [-0.2, 0) is 12.3 Å². The normalized spacial score (nSPS) is 10.5. The van der Waals surface area contributed by atoms with E-state index in [1.165, 1.54) is 5.56 Å². The highest BCUT2D eigenvalue weighted by molar-refractivity contribution is 6.31. The fourth-order valence-electron chi connectivity index (χ4n) is 1.94. The first-order valence-corrected chi connectivity index (χ1v) is 7.19. The molecule has 0 radical (unpaired) electrons. The van der Waals surface area contributed by atoms with Gasteiger partial charge in [0.15, 0.2) is 0 Å². The molecule has 0 bridgehead atoms. The second-order valence-electron chi connectivity index (χ2n) is 4.31. The fraction of sp³-hybridized carbons (Fsp3) is 0.250. The maximum absolute atomic E-state index is 6.22. The summed E-state index contributed by atoms with van der Waals surface area (Å²) >= 11 is 12.1. The Morgan fingerprint density at radius 2 is 1.68 bits per heavy atom. The highest BCUT2D eigenvalue weighted by Gasteiger charge is 2.04. The molecular weight excluding hydrogens is 279 g/mol. The van der Waals surface area contributed by atoms with E-state index in [9.17, 15) is 0 Å². The van der Waals surface area contributed by atoms with E-state index in [0.717, 1.165) is 28.3 Å². The monoisotopic (exact) mass is 294 g/mol. The molecule has 1 nitrogen and oxygen atoms in total. The van der Waals surface area contributed by atoms with E-state index >= 15 is 0 Å². The van der Waals surface area contributed by atoms with Crippen LogP contribution in [0.4, 0.5) is 0 Å². The molecular formula is C16H16Cl2O. The van der Waals surface area contributed by atoms with Gasteiger partial charge >= 0.3 is 0 Å². The lowest BCUT2D eigenvalue weighted by atomic mass is 10.0. The summed E-state index contributed by atoms with van der Waals surface area (Å²) in [6.07, 6.45) is 0.802. The Morgan fingerprint density at radius 3 is 2.32 bits per heavy atom. The van der Waals surface area contributed by atoms with E-state index in [1.807, 2.05) is 31.2 Å². The van der Waals surface area contributed by atoms with Crippen LogP contribution in [-0.4, -0.2) is 6.61 Å². The Bertz CT molecular complexity index is 535.